The van der Waals surface area contributed by atoms with E-state index in [1.54, 1.807) is 12.1 Å². The molecule has 6 heteroatoms. The lowest BCUT2D eigenvalue weighted by Gasteiger charge is -2.18. The highest BCUT2D eigenvalue weighted by atomic mass is 16.5. The fraction of sp³-hybridized carbons (Fsp3) is 0.467. The first-order chi connectivity index (χ1) is 9.88. The van der Waals surface area contributed by atoms with Crippen molar-refractivity contribution >= 4 is 17.6 Å². The second-order valence-corrected chi connectivity index (χ2v) is 5.14. The fourth-order valence-electron chi connectivity index (χ4n) is 1.92. The topological polar surface area (TPSA) is 90.7 Å². The summed E-state index contributed by atoms with van der Waals surface area (Å²) in [5, 5.41) is 2.68. The number of carbonyl (C=O) groups excluding carboxylic acids is 2. The van der Waals surface area contributed by atoms with E-state index < -0.39 is 12.0 Å². The van der Waals surface area contributed by atoms with Gasteiger partial charge in [-0.1, -0.05) is 13.8 Å². The number of nitrogens with two attached hydrogens (primary N) is 1. The second kappa shape index (κ2) is 7.52. The average Bonchev–Trinajstić information content (AvgIpc) is 2.45. The summed E-state index contributed by atoms with van der Waals surface area (Å²) in [6.45, 7) is 3.93. The SMILES string of the molecule is COC(=O)[C@H](CC(C)C)NC(=O)c1ccc(N)c(OC)c1. The van der Waals surface area contributed by atoms with Crippen LogP contribution in [0.25, 0.3) is 0 Å². The Kier molecular flexibility index (Phi) is 6.02. The van der Waals surface area contributed by atoms with Crippen LogP contribution in [0, 0.1) is 5.92 Å². The van der Waals surface area contributed by atoms with Gasteiger partial charge in [0.25, 0.3) is 5.91 Å². The van der Waals surface area contributed by atoms with Crippen LogP contribution in [0.2, 0.25) is 0 Å². The smallest absolute Gasteiger partial charge is 0.328 e. The van der Waals surface area contributed by atoms with Crippen molar-refractivity contribution in [1.29, 1.82) is 0 Å². The number of esters is 1. The van der Waals surface area contributed by atoms with Gasteiger partial charge in [-0.05, 0) is 30.5 Å². The molecule has 1 aromatic rings. The zero-order valence-corrected chi connectivity index (χ0v) is 12.8. The molecule has 0 heterocycles. The van der Waals surface area contributed by atoms with Crippen LogP contribution >= 0.6 is 0 Å². The van der Waals surface area contributed by atoms with Gasteiger partial charge in [0.05, 0.1) is 19.9 Å². The standard InChI is InChI=1S/C15H22N2O4/c1-9(2)7-12(15(19)21-4)17-14(18)10-5-6-11(16)13(8-10)20-3/h5-6,8-9,12H,7,16H2,1-4H3,(H,17,18)/t12-/m0/s1. The third kappa shape index (κ3) is 4.66. The van der Waals surface area contributed by atoms with Crippen LogP contribution in [0.3, 0.4) is 0 Å². The van der Waals surface area contributed by atoms with Gasteiger partial charge in [-0.2, -0.15) is 0 Å². The highest BCUT2D eigenvalue weighted by Crippen LogP contribution is 2.22. The maximum atomic E-state index is 12.2. The molecule has 0 spiro atoms. The predicted molar refractivity (Wildman–Crippen MR) is 80.1 cm³/mol. The Morgan fingerprint density at radius 2 is 1.95 bits per heavy atom. The third-order valence-electron chi connectivity index (χ3n) is 2.99. The zero-order chi connectivity index (χ0) is 16.0. The van der Waals surface area contributed by atoms with Crippen LogP contribution in [-0.4, -0.2) is 32.1 Å². The summed E-state index contributed by atoms with van der Waals surface area (Å²) < 4.78 is 9.79. The Bertz CT molecular complexity index is 514. The van der Waals surface area contributed by atoms with Crippen molar-refractivity contribution in [2.75, 3.05) is 20.0 Å². The van der Waals surface area contributed by atoms with Crippen molar-refractivity contribution in [2.45, 2.75) is 26.3 Å². The lowest BCUT2D eigenvalue weighted by molar-refractivity contribution is -0.143. The molecule has 1 atom stereocenters. The summed E-state index contributed by atoms with van der Waals surface area (Å²) in [6.07, 6.45) is 0.504. The minimum atomic E-state index is -0.675. The lowest BCUT2D eigenvalue weighted by Crippen LogP contribution is -2.42. The Hall–Kier alpha value is -2.24. The van der Waals surface area contributed by atoms with Gasteiger partial charge in [-0.25, -0.2) is 4.79 Å². The van der Waals surface area contributed by atoms with E-state index in [0.29, 0.717) is 23.4 Å². The molecule has 0 fully saturated rings. The average molecular weight is 294 g/mol. The number of nitrogens with one attached hydrogen (secondary N) is 1. The monoisotopic (exact) mass is 294 g/mol. The highest BCUT2D eigenvalue weighted by molar-refractivity contribution is 5.97. The van der Waals surface area contributed by atoms with E-state index in [2.05, 4.69) is 5.32 Å². The first-order valence-electron chi connectivity index (χ1n) is 6.71. The molecule has 6 nitrogen and oxygen atoms in total. The van der Waals surface area contributed by atoms with Gasteiger partial charge in [0.15, 0.2) is 0 Å². The molecule has 0 saturated carbocycles. The Balaban J connectivity index is 2.88. The molecular weight excluding hydrogens is 272 g/mol. The predicted octanol–water partition coefficient (Wildman–Crippen LogP) is 1.59. The molecule has 0 aliphatic rings. The number of amides is 1. The van der Waals surface area contributed by atoms with E-state index in [-0.39, 0.29) is 11.8 Å². The highest BCUT2D eigenvalue weighted by Gasteiger charge is 2.23. The zero-order valence-electron chi connectivity index (χ0n) is 12.8. The van der Waals surface area contributed by atoms with Gasteiger partial charge < -0.3 is 20.5 Å². The van der Waals surface area contributed by atoms with Gasteiger partial charge in [0.1, 0.15) is 11.8 Å². The molecular formula is C15H22N2O4. The first kappa shape index (κ1) is 16.8. The van der Waals surface area contributed by atoms with Crippen molar-refractivity contribution in [3.63, 3.8) is 0 Å². The molecule has 1 aromatic carbocycles. The van der Waals surface area contributed by atoms with Crippen LogP contribution in [-0.2, 0) is 9.53 Å². The number of ether oxygens (including phenoxy) is 2. The van der Waals surface area contributed by atoms with E-state index in [4.69, 9.17) is 15.2 Å². The van der Waals surface area contributed by atoms with Crippen molar-refractivity contribution in [1.82, 2.24) is 5.32 Å². The minimum Gasteiger partial charge on any atom is -0.495 e. The van der Waals surface area contributed by atoms with Crippen LogP contribution in [0.1, 0.15) is 30.6 Å². The van der Waals surface area contributed by atoms with Gasteiger partial charge in [0, 0.05) is 5.56 Å². The normalized spacial score (nSPS) is 11.9. The summed E-state index contributed by atoms with van der Waals surface area (Å²) >= 11 is 0. The Morgan fingerprint density at radius 1 is 1.29 bits per heavy atom. The molecule has 0 saturated heterocycles. The number of carbonyl (C=O) groups is 2. The van der Waals surface area contributed by atoms with E-state index in [9.17, 15) is 9.59 Å². The Labute approximate surface area is 124 Å². The van der Waals surface area contributed by atoms with Crippen molar-refractivity contribution < 1.29 is 19.1 Å². The van der Waals surface area contributed by atoms with Gasteiger partial charge in [-0.3, -0.25) is 4.79 Å². The molecule has 0 unspecified atom stereocenters. The van der Waals surface area contributed by atoms with E-state index in [0.717, 1.165) is 0 Å². The number of rotatable bonds is 6. The van der Waals surface area contributed by atoms with Gasteiger partial charge in [0.2, 0.25) is 0 Å². The lowest BCUT2D eigenvalue weighted by atomic mass is 10.0. The summed E-state index contributed by atoms with van der Waals surface area (Å²) in [6, 6.07) is 4.03. The molecule has 0 aliphatic heterocycles. The number of anilines is 1. The molecule has 0 bridgehead atoms. The van der Waals surface area contributed by atoms with E-state index in [1.807, 2.05) is 13.8 Å². The third-order valence-corrected chi connectivity index (χ3v) is 2.99. The summed E-state index contributed by atoms with van der Waals surface area (Å²) in [5.74, 6) is -0.166. The maximum absolute atomic E-state index is 12.2. The molecule has 0 aliphatic carbocycles. The van der Waals surface area contributed by atoms with Crippen LogP contribution < -0.4 is 15.8 Å². The first-order valence-corrected chi connectivity index (χ1v) is 6.71. The fourth-order valence-corrected chi connectivity index (χ4v) is 1.92. The molecule has 0 radical (unpaired) electrons. The quantitative estimate of drug-likeness (QED) is 0.614. The van der Waals surface area contributed by atoms with Crippen molar-refractivity contribution in [3.05, 3.63) is 23.8 Å². The van der Waals surface area contributed by atoms with Crippen LogP contribution in [0.5, 0.6) is 5.75 Å². The van der Waals surface area contributed by atoms with Crippen LogP contribution in [0.15, 0.2) is 18.2 Å². The van der Waals surface area contributed by atoms with Gasteiger partial charge in [-0.15, -0.1) is 0 Å². The largest absolute Gasteiger partial charge is 0.495 e. The maximum Gasteiger partial charge on any atom is 0.328 e. The molecule has 116 valence electrons. The second-order valence-electron chi connectivity index (χ2n) is 5.14. The summed E-state index contributed by atoms with van der Waals surface area (Å²) in [7, 11) is 2.78. The van der Waals surface area contributed by atoms with E-state index in [1.165, 1.54) is 20.3 Å². The summed E-state index contributed by atoms with van der Waals surface area (Å²) in [5.41, 5.74) is 6.53. The number of nitrogen functional groups attached to an aromatic ring is 1. The summed E-state index contributed by atoms with van der Waals surface area (Å²) in [4.78, 5) is 23.9. The number of hydrogen-bond donors (Lipinski definition) is 2. The van der Waals surface area contributed by atoms with Crippen molar-refractivity contribution in [2.24, 2.45) is 5.92 Å². The molecule has 1 rings (SSSR count). The number of methoxy groups -OCH3 is 2. The number of benzene rings is 1. The van der Waals surface area contributed by atoms with Crippen molar-refractivity contribution in [3.8, 4) is 5.75 Å². The molecule has 21 heavy (non-hydrogen) atoms. The van der Waals surface area contributed by atoms with E-state index >= 15 is 0 Å². The molecule has 0 aromatic heterocycles. The van der Waals surface area contributed by atoms with Gasteiger partial charge >= 0.3 is 5.97 Å². The molecule has 3 N–H and O–H groups in total. The minimum absolute atomic E-state index is 0.246. The molecule has 1 amide bonds. The number of hydrogen-bond acceptors (Lipinski definition) is 5. The van der Waals surface area contributed by atoms with Crippen LogP contribution in [0.4, 0.5) is 5.69 Å². The Morgan fingerprint density at radius 3 is 2.48 bits per heavy atom.